The van der Waals surface area contributed by atoms with E-state index in [1.807, 2.05) is 74.5 Å². The summed E-state index contributed by atoms with van der Waals surface area (Å²) in [4.78, 5) is 24.0. The molecule has 0 aliphatic heterocycles. The molecule has 0 unspecified atom stereocenters. The molecule has 0 radical (unpaired) electrons. The zero-order valence-corrected chi connectivity index (χ0v) is 14.2. The first-order valence-corrected chi connectivity index (χ1v) is 8.25. The van der Waals surface area contributed by atoms with Crippen molar-refractivity contribution in [3.8, 4) is 0 Å². The number of nitrogens with one attached hydrogen (secondary N) is 2. The van der Waals surface area contributed by atoms with E-state index < -0.39 is 0 Å². The molecule has 4 heteroatoms. The summed E-state index contributed by atoms with van der Waals surface area (Å²) in [5.41, 5.74) is 2.10. The van der Waals surface area contributed by atoms with Crippen molar-refractivity contribution in [2.24, 2.45) is 0 Å². The van der Waals surface area contributed by atoms with Crippen molar-refractivity contribution in [1.82, 2.24) is 10.6 Å². The number of benzene rings is 2. The van der Waals surface area contributed by atoms with Gasteiger partial charge in [0.05, 0.1) is 12.1 Å². The van der Waals surface area contributed by atoms with E-state index in [-0.39, 0.29) is 36.7 Å². The van der Waals surface area contributed by atoms with Crippen LogP contribution in [0.5, 0.6) is 0 Å². The molecule has 2 amide bonds. The monoisotopic (exact) mass is 324 g/mol. The number of amides is 2. The third-order valence-electron chi connectivity index (χ3n) is 3.93. The van der Waals surface area contributed by atoms with Crippen LogP contribution in [-0.4, -0.2) is 11.8 Å². The Morgan fingerprint density at radius 1 is 0.708 bits per heavy atom. The number of carbonyl (C=O) groups excluding carboxylic acids is 2. The molecule has 0 bridgehead atoms. The molecule has 0 aliphatic carbocycles. The zero-order valence-electron chi connectivity index (χ0n) is 14.2. The highest BCUT2D eigenvalue weighted by Gasteiger charge is 2.13. The summed E-state index contributed by atoms with van der Waals surface area (Å²) in [5, 5.41) is 5.84. The molecule has 0 spiro atoms. The molecule has 24 heavy (non-hydrogen) atoms. The Hall–Kier alpha value is -2.62. The van der Waals surface area contributed by atoms with E-state index in [4.69, 9.17) is 0 Å². The summed E-state index contributed by atoms with van der Waals surface area (Å²) in [7, 11) is 0. The molecule has 2 N–H and O–H groups in total. The lowest BCUT2D eigenvalue weighted by Gasteiger charge is -2.16. The maximum Gasteiger partial charge on any atom is 0.220 e. The van der Waals surface area contributed by atoms with E-state index in [1.165, 1.54) is 0 Å². The van der Waals surface area contributed by atoms with Gasteiger partial charge in [-0.25, -0.2) is 0 Å². The van der Waals surface area contributed by atoms with Crippen molar-refractivity contribution < 1.29 is 9.59 Å². The fourth-order valence-electron chi connectivity index (χ4n) is 2.50. The van der Waals surface area contributed by atoms with Crippen molar-refractivity contribution in [2.45, 2.75) is 38.8 Å². The molecular formula is C20H24N2O2. The third kappa shape index (κ3) is 5.54. The number of hydrogen-bond donors (Lipinski definition) is 2. The van der Waals surface area contributed by atoms with Crippen molar-refractivity contribution >= 4 is 11.8 Å². The summed E-state index contributed by atoms with van der Waals surface area (Å²) in [6.45, 7) is 3.87. The van der Waals surface area contributed by atoms with Gasteiger partial charge < -0.3 is 10.6 Å². The summed E-state index contributed by atoms with van der Waals surface area (Å²) in [5.74, 6) is -0.234. The van der Waals surface area contributed by atoms with E-state index in [0.29, 0.717) is 0 Å². The highest BCUT2D eigenvalue weighted by Crippen LogP contribution is 2.13. The van der Waals surface area contributed by atoms with Crippen LogP contribution in [0.3, 0.4) is 0 Å². The van der Waals surface area contributed by atoms with Gasteiger partial charge in [-0.3, -0.25) is 9.59 Å². The van der Waals surface area contributed by atoms with Gasteiger partial charge in [0.25, 0.3) is 0 Å². The molecule has 2 aromatic carbocycles. The Labute approximate surface area is 143 Å². The van der Waals surface area contributed by atoms with E-state index >= 15 is 0 Å². The largest absolute Gasteiger partial charge is 0.350 e. The van der Waals surface area contributed by atoms with Gasteiger partial charge in [-0.15, -0.1) is 0 Å². The Morgan fingerprint density at radius 3 is 1.38 bits per heavy atom. The maximum absolute atomic E-state index is 12.0. The van der Waals surface area contributed by atoms with Gasteiger partial charge in [-0.05, 0) is 25.0 Å². The summed E-state index contributed by atoms with van der Waals surface area (Å²) >= 11 is 0. The van der Waals surface area contributed by atoms with Crippen molar-refractivity contribution in [2.75, 3.05) is 0 Å². The fourth-order valence-corrected chi connectivity index (χ4v) is 2.50. The highest BCUT2D eigenvalue weighted by atomic mass is 16.2. The second-order valence-electron chi connectivity index (χ2n) is 5.90. The van der Waals surface area contributed by atoms with Crippen molar-refractivity contribution in [3.05, 3.63) is 71.8 Å². The molecule has 0 aliphatic rings. The van der Waals surface area contributed by atoms with Crippen LogP contribution >= 0.6 is 0 Å². The van der Waals surface area contributed by atoms with Gasteiger partial charge in [0.2, 0.25) is 11.8 Å². The first-order valence-electron chi connectivity index (χ1n) is 8.25. The lowest BCUT2D eigenvalue weighted by atomic mass is 10.1. The van der Waals surface area contributed by atoms with Crippen LogP contribution in [-0.2, 0) is 9.59 Å². The zero-order chi connectivity index (χ0) is 17.4. The van der Waals surface area contributed by atoms with Crippen LogP contribution in [0, 0.1) is 0 Å². The molecule has 2 aromatic rings. The molecule has 0 aromatic heterocycles. The van der Waals surface area contributed by atoms with Gasteiger partial charge in [0.1, 0.15) is 0 Å². The molecule has 0 fully saturated rings. The molecule has 0 saturated carbocycles. The van der Waals surface area contributed by atoms with Crippen molar-refractivity contribution in [3.63, 3.8) is 0 Å². The van der Waals surface area contributed by atoms with E-state index in [1.54, 1.807) is 0 Å². The molecule has 126 valence electrons. The lowest BCUT2D eigenvalue weighted by Crippen LogP contribution is -2.30. The lowest BCUT2D eigenvalue weighted by molar-refractivity contribution is -0.127. The first-order chi connectivity index (χ1) is 11.6. The number of rotatable bonds is 7. The molecule has 0 heterocycles. The maximum atomic E-state index is 12.0. The standard InChI is InChI=1S/C20H24N2O2/c1-15(17-9-5-3-6-10-17)21-19(23)13-14-20(24)22-16(2)18-11-7-4-8-12-18/h3-12,15-16H,13-14H2,1-2H3,(H,21,23)(H,22,24)/t15-,16-/m1/s1. The van der Waals surface area contributed by atoms with Crippen molar-refractivity contribution in [1.29, 1.82) is 0 Å². The summed E-state index contributed by atoms with van der Waals surface area (Å²) in [6.07, 6.45) is 0.370. The predicted molar refractivity (Wildman–Crippen MR) is 95.2 cm³/mol. The van der Waals surface area contributed by atoms with Gasteiger partial charge in [-0.1, -0.05) is 60.7 Å². The van der Waals surface area contributed by atoms with Crippen LogP contribution in [0.25, 0.3) is 0 Å². The quantitative estimate of drug-likeness (QED) is 0.818. The highest BCUT2D eigenvalue weighted by molar-refractivity contribution is 5.84. The van der Waals surface area contributed by atoms with E-state index in [0.717, 1.165) is 11.1 Å². The van der Waals surface area contributed by atoms with Crippen LogP contribution in [0.15, 0.2) is 60.7 Å². The SMILES string of the molecule is C[C@@H](NC(=O)CCC(=O)N[C@H](C)c1ccccc1)c1ccccc1. The minimum Gasteiger partial charge on any atom is -0.350 e. The summed E-state index contributed by atoms with van der Waals surface area (Å²) in [6, 6.07) is 19.4. The van der Waals surface area contributed by atoms with Crippen LogP contribution in [0.2, 0.25) is 0 Å². The van der Waals surface area contributed by atoms with Gasteiger partial charge in [-0.2, -0.15) is 0 Å². The molecule has 4 nitrogen and oxygen atoms in total. The normalized spacial score (nSPS) is 12.9. The van der Waals surface area contributed by atoms with Gasteiger partial charge in [0.15, 0.2) is 0 Å². The average molecular weight is 324 g/mol. The van der Waals surface area contributed by atoms with E-state index in [2.05, 4.69) is 10.6 Å². The molecule has 0 saturated heterocycles. The van der Waals surface area contributed by atoms with E-state index in [9.17, 15) is 9.59 Å². The number of carbonyl (C=O) groups is 2. The average Bonchev–Trinajstić information content (AvgIpc) is 2.61. The van der Waals surface area contributed by atoms with Gasteiger partial charge >= 0.3 is 0 Å². The first kappa shape index (κ1) is 17.7. The number of hydrogen-bond acceptors (Lipinski definition) is 2. The molecular weight excluding hydrogens is 300 g/mol. The van der Waals surface area contributed by atoms with Crippen LogP contribution in [0.4, 0.5) is 0 Å². The molecule has 2 rings (SSSR count). The van der Waals surface area contributed by atoms with Gasteiger partial charge in [0, 0.05) is 12.8 Å². The fraction of sp³-hybridized carbons (Fsp3) is 0.300. The van der Waals surface area contributed by atoms with Crippen LogP contribution in [0.1, 0.15) is 49.9 Å². The molecule has 2 atom stereocenters. The Bertz CT molecular complexity index is 596. The second-order valence-corrected chi connectivity index (χ2v) is 5.90. The smallest absolute Gasteiger partial charge is 0.220 e. The predicted octanol–water partition coefficient (Wildman–Crippen LogP) is 3.52. The Kier molecular flexibility index (Phi) is 6.55. The van der Waals surface area contributed by atoms with Crippen LogP contribution < -0.4 is 10.6 Å². The Balaban J connectivity index is 1.74. The minimum absolute atomic E-state index is 0.0648. The Morgan fingerprint density at radius 2 is 1.04 bits per heavy atom. The second kappa shape index (κ2) is 8.87. The minimum atomic E-state index is -0.117. The third-order valence-corrected chi connectivity index (χ3v) is 3.93. The summed E-state index contributed by atoms with van der Waals surface area (Å²) < 4.78 is 0. The topological polar surface area (TPSA) is 58.2 Å².